The summed E-state index contributed by atoms with van der Waals surface area (Å²) in [5.41, 5.74) is 5.47. The Balaban J connectivity index is 2.36. The summed E-state index contributed by atoms with van der Waals surface area (Å²) >= 11 is 0. The van der Waals surface area contributed by atoms with Gasteiger partial charge in [-0.2, -0.15) is 0 Å². The molecule has 0 unspecified atom stereocenters. The van der Waals surface area contributed by atoms with Gasteiger partial charge >= 0.3 is 0 Å². The summed E-state index contributed by atoms with van der Waals surface area (Å²) in [4.78, 5) is 2.13. The molecule has 5 heteroatoms. The molecule has 82 valence electrons. The second-order valence-electron chi connectivity index (χ2n) is 4.34. The maximum atomic E-state index is 9.16. The average Bonchev–Trinajstić information content (AvgIpc) is 2.21. The lowest BCUT2D eigenvalue weighted by atomic mass is 9.81. The van der Waals surface area contributed by atoms with Crippen LogP contribution in [0.15, 0.2) is 5.16 Å². The number of nitrogens with zero attached hydrogens (tertiary/aromatic N) is 2. The number of hydrogen-bond acceptors (Lipinski definition) is 4. The third kappa shape index (κ3) is 2.85. The molecule has 14 heavy (non-hydrogen) atoms. The van der Waals surface area contributed by atoms with E-state index in [4.69, 9.17) is 16.0 Å². The van der Waals surface area contributed by atoms with Crippen molar-refractivity contribution in [3.63, 3.8) is 0 Å². The second kappa shape index (κ2) is 4.61. The highest BCUT2D eigenvalue weighted by Gasteiger charge is 2.29. The van der Waals surface area contributed by atoms with E-state index in [2.05, 4.69) is 17.0 Å². The van der Waals surface area contributed by atoms with Gasteiger partial charge in [-0.15, -0.1) is 0 Å². The molecule has 1 rings (SSSR count). The first-order valence-corrected chi connectivity index (χ1v) is 4.89. The zero-order valence-electron chi connectivity index (χ0n) is 8.61. The molecule has 0 atom stereocenters. The molecule has 1 saturated heterocycles. The van der Waals surface area contributed by atoms with Crippen LogP contribution in [0.25, 0.3) is 0 Å². The topological polar surface area (TPSA) is 82.1 Å². The Bertz CT molecular complexity index is 210. The lowest BCUT2D eigenvalue weighted by Crippen LogP contribution is -2.43. The van der Waals surface area contributed by atoms with Gasteiger partial charge in [0.25, 0.3) is 0 Å². The quantitative estimate of drug-likeness (QED) is 0.256. The van der Waals surface area contributed by atoms with Gasteiger partial charge in [-0.05, 0) is 31.3 Å². The number of aliphatic hydroxyl groups is 1. The number of rotatable bonds is 3. The highest BCUT2D eigenvalue weighted by atomic mass is 16.4. The third-order valence-electron chi connectivity index (χ3n) is 2.96. The number of amidine groups is 1. The van der Waals surface area contributed by atoms with Gasteiger partial charge < -0.3 is 16.0 Å². The monoisotopic (exact) mass is 201 g/mol. The maximum absolute atomic E-state index is 9.16. The van der Waals surface area contributed by atoms with Gasteiger partial charge in [-0.25, -0.2) is 0 Å². The van der Waals surface area contributed by atoms with E-state index >= 15 is 0 Å². The summed E-state index contributed by atoms with van der Waals surface area (Å²) in [7, 11) is 0. The molecule has 0 amide bonds. The fraction of sp³-hybridized carbons (Fsp3) is 0.889. The summed E-state index contributed by atoms with van der Waals surface area (Å²) in [6, 6.07) is 0. The molecular formula is C9H19N3O2. The van der Waals surface area contributed by atoms with Crippen molar-refractivity contribution < 1.29 is 10.3 Å². The van der Waals surface area contributed by atoms with E-state index in [0.29, 0.717) is 6.54 Å². The Morgan fingerprint density at radius 2 is 2.07 bits per heavy atom. The summed E-state index contributed by atoms with van der Waals surface area (Å²) in [5, 5.41) is 20.5. The molecule has 1 aliphatic rings. The minimum absolute atomic E-state index is 0.0572. The number of likely N-dealkylation sites (tertiary alicyclic amines) is 1. The van der Waals surface area contributed by atoms with Crippen LogP contribution in [0.4, 0.5) is 0 Å². The van der Waals surface area contributed by atoms with Crippen molar-refractivity contribution in [3.05, 3.63) is 0 Å². The highest BCUT2D eigenvalue weighted by Crippen LogP contribution is 2.29. The molecule has 1 heterocycles. The lowest BCUT2D eigenvalue weighted by molar-refractivity contribution is 0.0645. The Kier molecular flexibility index (Phi) is 3.71. The Morgan fingerprint density at radius 3 is 2.50 bits per heavy atom. The van der Waals surface area contributed by atoms with Crippen LogP contribution < -0.4 is 5.73 Å². The van der Waals surface area contributed by atoms with Crippen LogP contribution in [0.2, 0.25) is 0 Å². The van der Waals surface area contributed by atoms with Crippen molar-refractivity contribution in [2.45, 2.75) is 19.8 Å². The van der Waals surface area contributed by atoms with E-state index in [1.807, 2.05) is 0 Å². The van der Waals surface area contributed by atoms with Crippen LogP contribution in [-0.2, 0) is 0 Å². The molecule has 0 aromatic heterocycles. The third-order valence-corrected chi connectivity index (χ3v) is 2.96. The minimum Gasteiger partial charge on any atom is -0.409 e. The lowest BCUT2D eigenvalue weighted by Gasteiger charge is -2.37. The van der Waals surface area contributed by atoms with Crippen LogP contribution in [-0.4, -0.2) is 47.3 Å². The maximum Gasteiger partial charge on any atom is 0.153 e. The molecule has 0 aliphatic carbocycles. The number of aliphatic hydroxyl groups excluding tert-OH is 1. The normalized spacial score (nSPS) is 23.7. The molecule has 1 aliphatic heterocycles. The van der Waals surface area contributed by atoms with Gasteiger partial charge in [0.1, 0.15) is 0 Å². The van der Waals surface area contributed by atoms with Crippen molar-refractivity contribution in [2.75, 3.05) is 26.2 Å². The average molecular weight is 201 g/mol. The van der Waals surface area contributed by atoms with Crippen LogP contribution in [0, 0.1) is 5.41 Å². The largest absolute Gasteiger partial charge is 0.409 e. The van der Waals surface area contributed by atoms with Crippen molar-refractivity contribution in [3.8, 4) is 0 Å². The second-order valence-corrected chi connectivity index (χ2v) is 4.34. The number of nitrogens with two attached hydrogens (primary N) is 1. The number of oxime groups is 1. The Morgan fingerprint density at radius 1 is 1.50 bits per heavy atom. The van der Waals surface area contributed by atoms with Crippen molar-refractivity contribution in [1.82, 2.24) is 4.90 Å². The van der Waals surface area contributed by atoms with Gasteiger partial charge in [0.05, 0.1) is 6.54 Å². The zero-order valence-corrected chi connectivity index (χ0v) is 8.61. The highest BCUT2D eigenvalue weighted by molar-refractivity contribution is 5.81. The molecule has 5 nitrogen and oxygen atoms in total. The summed E-state index contributed by atoms with van der Waals surface area (Å²) < 4.78 is 0. The van der Waals surface area contributed by atoms with E-state index in [-0.39, 0.29) is 17.9 Å². The Labute approximate surface area is 84.2 Å². The summed E-state index contributed by atoms with van der Waals surface area (Å²) in [6.45, 7) is 4.64. The Hall–Kier alpha value is -0.810. The predicted molar refractivity (Wildman–Crippen MR) is 54.3 cm³/mol. The molecule has 0 aromatic carbocycles. The number of piperidine rings is 1. The van der Waals surface area contributed by atoms with Crippen LogP contribution >= 0.6 is 0 Å². The molecule has 4 N–H and O–H groups in total. The van der Waals surface area contributed by atoms with E-state index < -0.39 is 0 Å². The van der Waals surface area contributed by atoms with Gasteiger partial charge in [0.15, 0.2) is 5.84 Å². The van der Waals surface area contributed by atoms with Gasteiger partial charge in [-0.1, -0.05) is 12.1 Å². The van der Waals surface area contributed by atoms with E-state index in [1.165, 1.54) is 0 Å². The van der Waals surface area contributed by atoms with Crippen LogP contribution in [0.3, 0.4) is 0 Å². The van der Waals surface area contributed by atoms with E-state index in [0.717, 1.165) is 25.9 Å². The molecule has 0 aromatic rings. The van der Waals surface area contributed by atoms with Crippen LogP contribution in [0.1, 0.15) is 19.8 Å². The molecule has 0 bridgehead atoms. The molecule has 0 saturated carbocycles. The van der Waals surface area contributed by atoms with Crippen molar-refractivity contribution in [2.24, 2.45) is 16.3 Å². The zero-order chi connectivity index (χ0) is 10.6. The molecule has 1 fully saturated rings. The molecule has 0 spiro atoms. The minimum atomic E-state index is 0.0572. The first-order chi connectivity index (χ1) is 6.59. The fourth-order valence-electron chi connectivity index (χ4n) is 1.67. The molecular weight excluding hydrogens is 182 g/mol. The predicted octanol–water partition coefficient (Wildman–Crippen LogP) is -0.173. The van der Waals surface area contributed by atoms with Gasteiger partial charge in [0.2, 0.25) is 0 Å². The van der Waals surface area contributed by atoms with E-state index in [9.17, 15) is 0 Å². The fourth-order valence-corrected chi connectivity index (χ4v) is 1.67. The van der Waals surface area contributed by atoms with Crippen molar-refractivity contribution >= 4 is 5.84 Å². The van der Waals surface area contributed by atoms with Crippen molar-refractivity contribution in [1.29, 1.82) is 0 Å². The summed E-state index contributed by atoms with van der Waals surface area (Å²) in [5.74, 6) is 0.248. The first-order valence-electron chi connectivity index (χ1n) is 4.89. The first kappa shape index (κ1) is 11.3. The summed E-state index contributed by atoms with van der Waals surface area (Å²) in [6.07, 6.45) is 1.92. The van der Waals surface area contributed by atoms with Crippen LogP contribution in [0.5, 0.6) is 0 Å². The number of hydrogen-bond donors (Lipinski definition) is 3. The smallest absolute Gasteiger partial charge is 0.153 e. The molecule has 0 radical (unpaired) electrons. The van der Waals surface area contributed by atoms with Gasteiger partial charge in [0, 0.05) is 6.61 Å². The van der Waals surface area contributed by atoms with Gasteiger partial charge in [-0.3, -0.25) is 4.90 Å². The standard InChI is InChI=1S/C9H19N3O2/c1-9(7-13)2-4-12(5-3-9)6-8(10)11-14/h13-14H,2-7H2,1H3,(H2,10,11). The SMILES string of the molecule is CC1(CO)CCN(C/C(N)=N/O)CC1. The van der Waals surface area contributed by atoms with E-state index in [1.54, 1.807) is 0 Å².